The van der Waals surface area contributed by atoms with Crippen molar-refractivity contribution in [1.29, 1.82) is 0 Å². The molecule has 0 spiro atoms. The van der Waals surface area contributed by atoms with Crippen LogP contribution in [0.3, 0.4) is 0 Å². The van der Waals surface area contributed by atoms with Crippen molar-refractivity contribution in [3.8, 4) is 0 Å². The van der Waals surface area contributed by atoms with Crippen LogP contribution in [0.2, 0.25) is 0 Å². The molecular formula is C25H32N2O2Rb2. The molecule has 2 aromatic rings. The molecule has 31 heavy (non-hydrogen) atoms. The Hall–Kier alpha value is 0.470. The first-order chi connectivity index (χ1) is 13.9. The smallest absolute Gasteiger partial charge is 0.329 e. The van der Waals surface area contributed by atoms with Crippen LogP contribution >= 0.6 is 0 Å². The second-order valence-electron chi connectivity index (χ2n) is 6.18. The zero-order valence-electron chi connectivity index (χ0n) is 20.1. The van der Waals surface area contributed by atoms with E-state index in [-0.39, 0.29) is 127 Å². The molecule has 2 aromatic heterocycles. The molecule has 0 amide bonds. The van der Waals surface area contributed by atoms with Gasteiger partial charge in [0, 0.05) is 31.1 Å². The molecule has 0 unspecified atom stereocenters. The van der Waals surface area contributed by atoms with E-state index in [2.05, 4.69) is 37.1 Å². The first-order valence-electron chi connectivity index (χ1n) is 9.56. The molecule has 0 aliphatic rings. The quantitative estimate of drug-likeness (QED) is 0.386. The van der Waals surface area contributed by atoms with Crippen molar-refractivity contribution in [3.05, 3.63) is 117 Å². The topological polar surface area (TPSA) is 54.9 Å². The van der Waals surface area contributed by atoms with Crippen LogP contribution in [0.4, 0.5) is 0 Å². The summed E-state index contributed by atoms with van der Waals surface area (Å²) in [5, 5.41) is 0. The maximum Gasteiger partial charge on any atom is 1.00 e. The van der Waals surface area contributed by atoms with Crippen molar-refractivity contribution in [2.24, 2.45) is 0 Å². The summed E-state index contributed by atoms with van der Waals surface area (Å²) in [5.74, 6) is 0. The summed E-state index contributed by atoms with van der Waals surface area (Å²) < 4.78 is 1.68. The molecule has 0 radical (unpaired) electrons. The standard InChI is InChI=1S/C12H14NO.C8H13.C5H5NO.2Rb/c1-3-4-7-11(2)10-13-9-6-5-8-12(13)14;1-4-6-7-8(3)5-2;7-5-3-1-2-4-6-5;;/h4-9H,10H2,1-2H3;6-7H,5H2,1-3H3;1-4H,(H,6,7);;/q2*-1;;2*+1/b11-7+;8-7+;;;. The number of pyridine rings is 2. The number of nitrogens with one attached hydrogen (secondary N) is 1. The minimum absolute atomic E-state index is 0. The summed E-state index contributed by atoms with van der Waals surface area (Å²) >= 11 is 0. The summed E-state index contributed by atoms with van der Waals surface area (Å²) in [4.78, 5) is 24.0. The maximum atomic E-state index is 11.3. The average molecular weight is 563 g/mol. The molecule has 2 heterocycles. The molecule has 0 aromatic carbocycles. The Bertz CT molecular complexity index is 906. The molecule has 0 aliphatic heterocycles. The minimum Gasteiger partial charge on any atom is -0.329 e. The van der Waals surface area contributed by atoms with Crippen LogP contribution < -0.4 is 127 Å². The number of hydrogen-bond donors (Lipinski definition) is 1. The third kappa shape index (κ3) is 22.0. The van der Waals surface area contributed by atoms with E-state index < -0.39 is 0 Å². The molecule has 4 nitrogen and oxygen atoms in total. The molecule has 6 heteroatoms. The number of H-pyrrole nitrogens is 1. The van der Waals surface area contributed by atoms with E-state index in [9.17, 15) is 9.59 Å². The zero-order chi connectivity index (χ0) is 21.9. The van der Waals surface area contributed by atoms with Gasteiger partial charge in [-0.3, -0.25) is 21.7 Å². The Kier molecular flexibility index (Phi) is 29.2. The largest absolute Gasteiger partial charge is 1.00 e. The number of allylic oxidation sites excluding steroid dienone is 8. The van der Waals surface area contributed by atoms with E-state index >= 15 is 0 Å². The van der Waals surface area contributed by atoms with Crippen LogP contribution in [0, 0.1) is 12.2 Å². The molecule has 1 N–H and O–H groups in total. The van der Waals surface area contributed by atoms with Gasteiger partial charge in [-0.25, -0.2) is 24.3 Å². The van der Waals surface area contributed by atoms with Crippen LogP contribution in [0.5, 0.6) is 0 Å². The Balaban J connectivity index is -0.000000397. The fourth-order valence-corrected chi connectivity index (χ4v) is 1.86. The number of aromatic nitrogens is 2. The fraction of sp³-hybridized carbons (Fsp3) is 0.280. The van der Waals surface area contributed by atoms with Crippen LogP contribution in [0.15, 0.2) is 93.8 Å². The zero-order valence-corrected chi connectivity index (χ0v) is 29.9. The van der Waals surface area contributed by atoms with E-state index in [0.29, 0.717) is 6.54 Å². The molecule has 2 rings (SSSR count). The van der Waals surface area contributed by atoms with Crippen molar-refractivity contribution in [2.45, 2.75) is 47.6 Å². The number of rotatable bonds is 5. The van der Waals surface area contributed by atoms with E-state index in [4.69, 9.17) is 0 Å². The van der Waals surface area contributed by atoms with Crippen molar-refractivity contribution in [1.82, 2.24) is 9.55 Å². The van der Waals surface area contributed by atoms with E-state index in [1.165, 1.54) is 11.6 Å². The molecule has 0 fully saturated rings. The van der Waals surface area contributed by atoms with Crippen LogP contribution in [0.1, 0.15) is 41.0 Å². The minimum atomic E-state index is -0.0532. The average Bonchev–Trinajstić information content (AvgIpc) is 2.73. The van der Waals surface area contributed by atoms with Crippen molar-refractivity contribution < 1.29 is 116 Å². The van der Waals surface area contributed by atoms with Crippen molar-refractivity contribution in [2.75, 3.05) is 0 Å². The normalized spacial score (nSPS) is 10.9. The maximum absolute atomic E-state index is 11.3. The summed E-state index contributed by atoms with van der Waals surface area (Å²) in [7, 11) is 0. The number of hydrogen-bond acceptors (Lipinski definition) is 2. The van der Waals surface area contributed by atoms with Gasteiger partial charge in [-0.1, -0.05) is 39.3 Å². The van der Waals surface area contributed by atoms with E-state index in [0.717, 1.165) is 12.0 Å². The molecule has 0 atom stereocenters. The predicted molar refractivity (Wildman–Crippen MR) is 123 cm³/mol. The summed E-state index contributed by atoms with van der Waals surface area (Å²) in [6.45, 7) is 10.6. The van der Waals surface area contributed by atoms with Crippen molar-refractivity contribution >= 4 is 0 Å². The third-order valence-corrected chi connectivity index (χ3v) is 3.63. The van der Waals surface area contributed by atoms with Gasteiger partial charge in [0.25, 0.3) is 5.56 Å². The molecule has 156 valence electrons. The molecule has 0 bridgehead atoms. The summed E-state index contributed by atoms with van der Waals surface area (Å²) in [5.41, 5.74) is 2.51. The molecule has 0 saturated carbocycles. The first-order valence-corrected chi connectivity index (χ1v) is 9.56. The van der Waals surface area contributed by atoms with Crippen LogP contribution in [-0.2, 0) is 6.54 Å². The van der Waals surface area contributed by atoms with Gasteiger partial charge in [0.1, 0.15) is 0 Å². The second-order valence-corrected chi connectivity index (χ2v) is 6.18. The fourth-order valence-electron chi connectivity index (χ4n) is 1.86. The van der Waals surface area contributed by atoms with Crippen LogP contribution in [0.25, 0.3) is 0 Å². The predicted octanol–water partition coefficient (Wildman–Crippen LogP) is -0.721. The van der Waals surface area contributed by atoms with E-state index in [1.807, 2.05) is 45.1 Å². The van der Waals surface area contributed by atoms with Gasteiger partial charge in [-0.05, 0) is 12.1 Å². The molecule has 0 aliphatic carbocycles. The van der Waals surface area contributed by atoms with Gasteiger partial charge in [-0.2, -0.15) is 5.57 Å². The van der Waals surface area contributed by atoms with Gasteiger partial charge in [0.2, 0.25) is 5.56 Å². The Morgan fingerprint density at radius 1 is 0.935 bits per heavy atom. The third-order valence-electron chi connectivity index (χ3n) is 3.63. The van der Waals surface area contributed by atoms with Crippen LogP contribution in [-0.4, -0.2) is 9.55 Å². The summed E-state index contributed by atoms with van der Waals surface area (Å²) in [6.07, 6.45) is 18.2. The summed E-state index contributed by atoms with van der Waals surface area (Å²) in [6, 6.07) is 10.1. The van der Waals surface area contributed by atoms with Gasteiger partial charge in [0.05, 0.1) is 0 Å². The molecular weight excluding hydrogens is 531 g/mol. The SMILES string of the molecule is C[C-]=C/C=C(\C)CC.C[C-]=C/C=C(\C)Cn1ccccc1=O.O=c1cccc[nH]1.[Rb+].[Rb+]. The van der Waals surface area contributed by atoms with Crippen molar-refractivity contribution in [3.63, 3.8) is 0 Å². The molecule has 0 saturated heterocycles. The Morgan fingerprint density at radius 2 is 1.52 bits per heavy atom. The first kappa shape index (κ1) is 36.0. The Labute approximate surface area is 285 Å². The van der Waals surface area contributed by atoms with E-state index in [1.54, 1.807) is 41.2 Å². The van der Waals surface area contributed by atoms with Gasteiger partial charge >= 0.3 is 116 Å². The van der Waals surface area contributed by atoms with Gasteiger partial charge in [-0.15, -0.1) is 19.4 Å². The van der Waals surface area contributed by atoms with Gasteiger partial charge in [0.15, 0.2) is 0 Å². The van der Waals surface area contributed by atoms with Gasteiger partial charge < -0.3 is 9.55 Å². The number of nitrogens with zero attached hydrogens (tertiary/aromatic N) is 1. The second kappa shape index (κ2) is 25.1. The monoisotopic (exact) mass is 562 g/mol. The number of aromatic amines is 1. The Morgan fingerprint density at radius 3 is 1.94 bits per heavy atom.